The van der Waals surface area contributed by atoms with Gasteiger partial charge in [-0.25, -0.2) is 0 Å². The number of hydrogen-bond acceptors (Lipinski definition) is 4. The lowest BCUT2D eigenvalue weighted by atomic mass is 9.97. The Hall–Kier alpha value is -2.83. The van der Waals surface area contributed by atoms with Crippen LogP contribution in [-0.4, -0.2) is 21.1 Å². The molecule has 0 spiro atoms. The summed E-state index contributed by atoms with van der Waals surface area (Å²) in [6, 6.07) is 15.7. The number of halogens is 1. The van der Waals surface area contributed by atoms with E-state index in [1.54, 1.807) is 13.1 Å². The number of benzene rings is 3. The first-order chi connectivity index (χ1) is 12.6. The van der Waals surface area contributed by atoms with Crippen molar-refractivity contribution in [2.75, 3.05) is 0 Å². The maximum atomic E-state index is 12.3. The number of aromatic amines is 1. The van der Waals surface area contributed by atoms with Gasteiger partial charge in [-0.3, -0.25) is 9.89 Å². The Morgan fingerprint density at radius 3 is 2.19 bits per heavy atom. The van der Waals surface area contributed by atoms with Crippen LogP contribution >= 0.6 is 23.8 Å². The van der Waals surface area contributed by atoms with Crippen molar-refractivity contribution < 1.29 is 0 Å². The molecule has 0 amide bonds. The number of aryl methyl sites for hydroxylation is 1. The lowest BCUT2D eigenvalue weighted by Crippen LogP contribution is -2.22. The first kappa shape index (κ1) is 16.6. The highest BCUT2D eigenvalue weighted by Crippen LogP contribution is 2.35. The van der Waals surface area contributed by atoms with Crippen LogP contribution in [0.3, 0.4) is 0 Å². The molecule has 1 aromatic heterocycles. The predicted octanol–water partition coefficient (Wildman–Crippen LogP) is 4.45. The zero-order chi connectivity index (χ0) is 18.3. The summed E-state index contributed by atoms with van der Waals surface area (Å²) >= 11 is 11.7. The van der Waals surface area contributed by atoms with Gasteiger partial charge in [-0.15, -0.1) is 0 Å². The van der Waals surface area contributed by atoms with Crippen LogP contribution < -0.4 is 5.56 Å². The Labute approximate surface area is 158 Å². The molecule has 0 radical (unpaired) electrons. The maximum absolute atomic E-state index is 12.3. The van der Waals surface area contributed by atoms with E-state index in [0.717, 1.165) is 31.8 Å². The number of nitrogens with one attached hydrogen (secondary N) is 1. The van der Waals surface area contributed by atoms with Crippen molar-refractivity contribution in [3.8, 4) is 0 Å². The second-order valence-electron chi connectivity index (χ2n) is 5.79. The van der Waals surface area contributed by atoms with Crippen molar-refractivity contribution in [3.63, 3.8) is 0 Å². The molecule has 0 aliphatic carbocycles. The molecular formula is C19H13ClN4OS. The third-order valence-corrected chi connectivity index (χ3v) is 4.89. The Morgan fingerprint density at radius 2 is 1.62 bits per heavy atom. The normalized spacial score (nSPS) is 11.6. The standard InChI is InChI=1S/C19H13ClN4OS/c1-11-18(25)24(19(26)23-22-11)21-10-16-12-6-2-4-8-14(12)17(20)15-9-5-3-7-13(15)16/h2-10H,1H3,(H,23,26)/b21-10-. The van der Waals surface area contributed by atoms with E-state index in [4.69, 9.17) is 23.8 Å². The Bertz CT molecular complexity index is 1250. The van der Waals surface area contributed by atoms with Crippen LogP contribution in [0, 0.1) is 11.7 Å². The highest BCUT2D eigenvalue weighted by molar-refractivity contribution is 7.71. The third-order valence-electron chi connectivity index (χ3n) is 4.22. The van der Waals surface area contributed by atoms with E-state index in [9.17, 15) is 4.79 Å². The van der Waals surface area contributed by atoms with Crippen LogP contribution in [0.4, 0.5) is 0 Å². The van der Waals surface area contributed by atoms with Gasteiger partial charge in [0, 0.05) is 16.3 Å². The zero-order valence-electron chi connectivity index (χ0n) is 13.7. The Balaban J connectivity index is 2.06. The predicted molar refractivity (Wildman–Crippen MR) is 108 cm³/mol. The minimum atomic E-state index is -0.354. The van der Waals surface area contributed by atoms with E-state index in [1.807, 2.05) is 48.5 Å². The molecule has 0 saturated carbocycles. The summed E-state index contributed by atoms with van der Waals surface area (Å²) in [5.74, 6) is 0. The lowest BCUT2D eigenvalue weighted by Gasteiger charge is -2.10. The van der Waals surface area contributed by atoms with Crippen LogP contribution in [0.15, 0.2) is 58.4 Å². The monoisotopic (exact) mass is 380 g/mol. The number of fused-ring (bicyclic) bond motifs is 2. The van der Waals surface area contributed by atoms with Crippen molar-refractivity contribution in [3.05, 3.63) is 79.9 Å². The minimum Gasteiger partial charge on any atom is -0.265 e. The van der Waals surface area contributed by atoms with Gasteiger partial charge in [0.2, 0.25) is 4.77 Å². The van der Waals surface area contributed by atoms with Crippen molar-refractivity contribution in [2.45, 2.75) is 6.92 Å². The molecule has 1 N–H and O–H groups in total. The average Bonchev–Trinajstić information content (AvgIpc) is 2.67. The van der Waals surface area contributed by atoms with E-state index < -0.39 is 0 Å². The molecule has 3 aromatic carbocycles. The van der Waals surface area contributed by atoms with Crippen LogP contribution in [0.1, 0.15) is 11.3 Å². The largest absolute Gasteiger partial charge is 0.296 e. The molecule has 0 fully saturated rings. The lowest BCUT2D eigenvalue weighted by molar-refractivity contribution is 0.720. The summed E-state index contributed by atoms with van der Waals surface area (Å²) in [5, 5.41) is 15.3. The molecule has 0 bridgehead atoms. The van der Waals surface area contributed by atoms with E-state index in [0.29, 0.717) is 10.7 Å². The quantitative estimate of drug-likeness (QED) is 0.317. The molecule has 4 rings (SSSR count). The molecule has 1 heterocycles. The fraction of sp³-hybridized carbons (Fsp3) is 0.0526. The molecule has 0 atom stereocenters. The van der Waals surface area contributed by atoms with Crippen LogP contribution in [0.5, 0.6) is 0 Å². The second kappa shape index (κ2) is 6.48. The van der Waals surface area contributed by atoms with Crippen LogP contribution in [-0.2, 0) is 0 Å². The molecule has 5 nitrogen and oxygen atoms in total. The summed E-state index contributed by atoms with van der Waals surface area (Å²) in [7, 11) is 0. The van der Waals surface area contributed by atoms with Crippen molar-refractivity contribution in [1.29, 1.82) is 0 Å². The molecule has 0 aliphatic rings. The number of hydrogen-bond donors (Lipinski definition) is 1. The van der Waals surface area contributed by atoms with Crippen molar-refractivity contribution in [1.82, 2.24) is 14.9 Å². The van der Waals surface area contributed by atoms with Crippen LogP contribution in [0.25, 0.3) is 21.5 Å². The van der Waals surface area contributed by atoms with E-state index >= 15 is 0 Å². The van der Waals surface area contributed by atoms with Crippen molar-refractivity contribution >= 4 is 51.6 Å². The fourth-order valence-electron chi connectivity index (χ4n) is 2.94. The van der Waals surface area contributed by atoms with Gasteiger partial charge in [-0.1, -0.05) is 60.1 Å². The maximum Gasteiger partial charge on any atom is 0.296 e. The van der Waals surface area contributed by atoms with Gasteiger partial charge in [0.1, 0.15) is 5.69 Å². The van der Waals surface area contributed by atoms with E-state index in [1.165, 1.54) is 0 Å². The number of H-pyrrole nitrogens is 1. The van der Waals surface area contributed by atoms with Gasteiger partial charge in [0.15, 0.2) is 0 Å². The molecule has 0 aliphatic heterocycles. The smallest absolute Gasteiger partial charge is 0.265 e. The third kappa shape index (κ3) is 2.64. The van der Waals surface area contributed by atoms with Crippen molar-refractivity contribution in [2.24, 2.45) is 5.10 Å². The minimum absolute atomic E-state index is 0.138. The molecule has 26 heavy (non-hydrogen) atoms. The summed E-state index contributed by atoms with van der Waals surface area (Å²) < 4.78 is 1.27. The second-order valence-corrected chi connectivity index (χ2v) is 6.56. The first-order valence-corrected chi connectivity index (χ1v) is 8.68. The van der Waals surface area contributed by atoms with Crippen LogP contribution in [0.2, 0.25) is 5.02 Å². The van der Waals surface area contributed by atoms with Gasteiger partial charge in [-0.2, -0.15) is 14.9 Å². The van der Waals surface area contributed by atoms with Gasteiger partial charge < -0.3 is 0 Å². The summed E-state index contributed by atoms with van der Waals surface area (Å²) in [4.78, 5) is 12.3. The fourth-order valence-corrected chi connectivity index (χ4v) is 3.45. The zero-order valence-corrected chi connectivity index (χ0v) is 15.3. The van der Waals surface area contributed by atoms with E-state index in [-0.39, 0.29) is 10.3 Å². The van der Waals surface area contributed by atoms with Gasteiger partial charge in [-0.05, 0) is 29.9 Å². The molecule has 0 saturated heterocycles. The Kier molecular flexibility index (Phi) is 4.14. The van der Waals surface area contributed by atoms with E-state index in [2.05, 4.69) is 15.3 Å². The SMILES string of the molecule is Cc1n[nH]c(=S)n(/N=C\c2c3ccccc3c(Cl)c3ccccc23)c1=O. The highest BCUT2D eigenvalue weighted by Gasteiger charge is 2.11. The number of rotatable bonds is 2. The Morgan fingerprint density at radius 1 is 1.08 bits per heavy atom. The summed E-state index contributed by atoms with van der Waals surface area (Å²) in [6.45, 7) is 1.60. The average molecular weight is 381 g/mol. The first-order valence-electron chi connectivity index (χ1n) is 7.89. The summed E-state index contributed by atoms with van der Waals surface area (Å²) in [5.41, 5.74) is 0.811. The summed E-state index contributed by atoms with van der Waals surface area (Å²) in [6.07, 6.45) is 1.64. The number of aromatic nitrogens is 3. The number of nitrogens with zero attached hydrogens (tertiary/aromatic N) is 3. The highest BCUT2D eigenvalue weighted by atomic mass is 35.5. The topological polar surface area (TPSA) is 63.0 Å². The van der Waals surface area contributed by atoms with Gasteiger partial charge >= 0.3 is 0 Å². The molecule has 128 valence electrons. The molecule has 7 heteroatoms. The van der Waals surface area contributed by atoms with Gasteiger partial charge in [0.25, 0.3) is 5.56 Å². The molecular weight excluding hydrogens is 368 g/mol. The molecule has 0 unspecified atom stereocenters. The van der Waals surface area contributed by atoms with Gasteiger partial charge in [0.05, 0.1) is 11.2 Å². The molecule has 4 aromatic rings.